The molecule has 0 aliphatic heterocycles. The predicted molar refractivity (Wildman–Crippen MR) is 69.8 cm³/mol. The van der Waals surface area contributed by atoms with Crippen molar-refractivity contribution in [3.05, 3.63) is 52.3 Å². The zero-order chi connectivity index (χ0) is 13.1. The second-order valence-corrected chi connectivity index (χ2v) is 4.39. The lowest BCUT2D eigenvalue weighted by Crippen LogP contribution is -2.12. The molecule has 0 fully saturated rings. The average molecular weight is 309 g/mol. The minimum absolute atomic E-state index is 0.153. The Morgan fingerprint density at radius 1 is 1.28 bits per heavy atom. The van der Waals surface area contributed by atoms with Gasteiger partial charge in [-0.15, -0.1) is 0 Å². The van der Waals surface area contributed by atoms with E-state index in [1.54, 1.807) is 18.3 Å². The summed E-state index contributed by atoms with van der Waals surface area (Å²) in [5.74, 6) is -1.30. The van der Waals surface area contributed by atoms with Crippen LogP contribution in [-0.2, 0) is 0 Å². The monoisotopic (exact) mass is 308 g/mol. The van der Waals surface area contributed by atoms with Crippen LogP contribution in [0.4, 0.5) is 5.69 Å². The van der Waals surface area contributed by atoms with Gasteiger partial charge < -0.3 is 15.4 Å². The third kappa shape index (κ3) is 2.60. The Balaban J connectivity index is 2.20. The Labute approximate surface area is 111 Å². The van der Waals surface area contributed by atoms with Crippen LogP contribution in [-0.4, -0.2) is 22.0 Å². The molecule has 0 bridgehead atoms. The number of carbonyl (C=O) groups excluding carboxylic acids is 1. The molecule has 5 nitrogen and oxygen atoms in total. The van der Waals surface area contributed by atoms with Gasteiger partial charge in [0.2, 0.25) is 0 Å². The second kappa shape index (κ2) is 5.05. The van der Waals surface area contributed by atoms with Crippen molar-refractivity contribution in [1.82, 2.24) is 4.98 Å². The predicted octanol–water partition coefficient (Wildman–Crippen LogP) is 2.73. The van der Waals surface area contributed by atoms with Crippen LogP contribution in [0.15, 0.2) is 41.0 Å². The molecule has 1 amide bonds. The maximum atomic E-state index is 11.8. The number of rotatable bonds is 3. The van der Waals surface area contributed by atoms with Gasteiger partial charge in [-0.3, -0.25) is 4.79 Å². The van der Waals surface area contributed by atoms with Crippen LogP contribution in [0.5, 0.6) is 0 Å². The number of carbonyl (C=O) groups is 2. The topological polar surface area (TPSA) is 82.2 Å². The molecular weight excluding hydrogens is 300 g/mol. The summed E-state index contributed by atoms with van der Waals surface area (Å²) in [6.45, 7) is 0. The Morgan fingerprint density at radius 3 is 2.61 bits per heavy atom. The molecular formula is C12H9BrN2O3. The summed E-state index contributed by atoms with van der Waals surface area (Å²) in [7, 11) is 0. The number of anilines is 1. The van der Waals surface area contributed by atoms with E-state index in [1.807, 2.05) is 0 Å². The van der Waals surface area contributed by atoms with E-state index in [1.165, 1.54) is 18.2 Å². The first kappa shape index (κ1) is 12.4. The van der Waals surface area contributed by atoms with Gasteiger partial charge in [0.15, 0.2) is 0 Å². The largest absolute Gasteiger partial charge is 0.478 e. The number of aromatic carboxylic acids is 1. The van der Waals surface area contributed by atoms with E-state index in [0.29, 0.717) is 15.9 Å². The van der Waals surface area contributed by atoms with Crippen LogP contribution in [0.25, 0.3) is 0 Å². The van der Waals surface area contributed by atoms with E-state index >= 15 is 0 Å². The van der Waals surface area contributed by atoms with Gasteiger partial charge in [0.05, 0.1) is 11.3 Å². The second-order valence-electron chi connectivity index (χ2n) is 3.54. The molecule has 0 spiro atoms. The van der Waals surface area contributed by atoms with Gasteiger partial charge >= 0.3 is 5.97 Å². The van der Waals surface area contributed by atoms with Crippen molar-refractivity contribution >= 4 is 33.5 Å². The van der Waals surface area contributed by atoms with Gasteiger partial charge in [0, 0.05) is 10.7 Å². The van der Waals surface area contributed by atoms with E-state index in [2.05, 4.69) is 26.2 Å². The third-order valence-electron chi connectivity index (χ3n) is 2.31. The van der Waals surface area contributed by atoms with E-state index in [4.69, 9.17) is 5.11 Å². The molecule has 92 valence electrons. The van der Waals surface area contributed by atoms with Crippen LogP contribution in [0.3, 0.4) is 0 Å². The van der Waals surface area contributed by atoms with Crippen molar-refractivity contribution in [2.24, 2.45) is 0 Å². The van der Waals surface area contributed by atoms with Crippen LogP contribution in [0.2, 0.25) is 0 Å². The fourth-order valence-corrected chi connectivity index (χ4v) is 1.89. The number of halogens is 1. The van der Waals surface area contributed by atoms with Crippen molar-refractivity contribution < 1.29 is 14.7 Å². The number of amides is 1. The maximum absolute atomic E-state index is 11.8. The Hall–Kier alpha value is -2.08. The molecule has 1 aromatic carbocycles. The fourth-order valence-electron chi connectivity index (χ4n) is 1.41. The van der Waals surface area contributed by atoms with Crippen molar-refractivity contribution in [2.75, 3.05) is 5.32 Å². The standard InChI is InChI=1S/C12H9BrN2O3/c13-8-6-7(12(17)18)3-4-9(8)15-11(16)10-2-1-5-14-10/h1-6,14H,(H,15,16)(H,17,18). The lowest BCUT2D eigenvalue weighted by molar-refractivity contribution is 0.0696. The summed E-state index contributed by atoms with van der Waals surface area (Å²) < 4.78 is 0.516. The van der Waals surface area contributed by atoms with Gasteiger partial charge in [-0.1, -0.05) is 0 Å². The van der Waals surface area contributed by atoms with Crippen LogP contribution >= 0.6 is 15.9 Å². The number of hydrogen-bond acceptors (Lipinski definition) is 2. The van der Waals surface area contributed by atoms with E-state index < -0.39 is 5.97 Å². The molecule has 0 saturated heterocycles. The van der Waals surface area contributed by atoms with Crippen LogP contribution < -0.4 is 5.32 Å². The maximum Gasteiger partial charge on any atom is 0.335 e. The summed E-state index contributed by atoms with van der Waals surface area (Å²) in [6, 6.07) is 7.77. The number of H-pyrrole nitrogens is 1. The molecule has 2 aromatic rings. The molecule has 0 unspecified atom stereocenters. The summed E-state index contributed by atoms with van der Waals surface area (Å²) in [6.07, 6.45) is 1.65. The highest BCUT2D eigenvalue weighted by Gasteiger charge is 2.10. The first-order valence-electron chi connectivity index (χ1n) is 5.05. The molecule has 0 saturated carbocycles. The SMILES string of the molecule is O=C(O)c1ccc(NC(=O)c2ccc[nH]2)c(Br)c1. The lowest BCUT2D eigenvalue weighted by Gasteiger charge is -2.07. The highest BCUT2D eigenvalue weighted by Crippen LogP contribution is 2.24. The number of hydrogen-bond donors (Lipinski definition) is 3. The fraction of sp³-hybridized carbons (Fsp3) is 0. The number of aromatic amines is 1. The molecule has 0 radical (unpaired) electrons. The highest BCUT2D eigenvalue weighted by molar-refractivity contribution is 9.10. The number of aromatic nitrogens is 1. The van der Waals surface area contributed by atoms with Gasteiger partial charge in [0.1, 0.15) is 5.69 Å². The average Bonchev–Trinajstić information content (AvgIpc) is 2.85. The minimum atomic E-state index is -1.02. The van der Waals surface area contributed by atoms with Gasteiger partial charge in [-0.05, 0) is 46.3 Å². The molecule has 0 aliphatic rings. The van der Waals surface area contributed by atoms with E-state index in [0.717, 1.165) is 0 Å². The van der Waals surface area contributed by atoms with Crippen LogP contribution in [0.1, 0.15) is 20.8 Å². The summed E-state index contributed by atoms with van der Waals surface area (Å²) in [5, 5.41) is 11.5. The van der Waals surface area contributed by atoms with Gasteiger partial charge in [-0.2, -0.15) is 0 Å². The molecule has 2 rings (SSSR count). The minimum Gasteiger partial charge on any atom is -0.478 e. The summed E-state index contributed by atoms with van der Waals surface area (Å²) in [5.41, 5.74) is 1.10. The number of carboxylic acid groups (broad SMARTS) is 1. The molecule has 0 atom stereocenters. The number of carboxylic acids is 1. The van der Waals surface area contributed by atoms with Crippen molar-refractivity contribution in [2.45, 2.75) is 0 Å². The van der Waals surface area contributed by atoms with E-state index in [-0.39, 0.29) is 11.5 Å². The van der Waals surface area contributed by atoms with Crippen molar-refractivity contribution in [3.63, 3.8) is 0 Å². The number of nitrogens with one attached hydrogen (secondary N) is 2. The Morgan fingerprint density at radius 2 is 2.06 bits per heavy atom. The van der Waals surface area contributed by atoms with Gasteiger partial charge in [0.25, 0.3) is 5.91 Å². The smallest absolute Gasteiger partial charge is 0.335 e. The molecule has 1 heterocycles. The van der Waals surface area contributed by atoms with Gasteiger partial charge in [-0.25, -0.2) is 4.79 Å². The van der Waals surface area contributed by atoms with E-state index in [9.17, 15) is 9.59 Å². The highest BCUT2D eigenvalue weighted by atomic mass is 79.9. The molecule has 18 heavy (non-hydrogen) atoms. The summed E-state index contributed by atoms with van der Waals surface area (Å²) >= 11 is 3.22. The third-order valence-corrected chi connectivity index (χ3v) is 2.96. The molecule has 0 aliphatic carbocycles. The zero-order valence-electron chi connectivity index (χ0n) is 9.11. The van der Waals surface area contributed by atoms with Crippen LogP contribution in [0, 0.1) is 0 Å². The van der Waals surface area contributed by atoms with Crippen molar-refractivity contribution in [3.8, 4) is 0 Å². The van der Waals surface area contributed by atoms with Crippen molar-refractivity contribution in [1.29, 1.82) is 0 Å². The zero-order valence-corrected chi connectivity index (χ0v) is 10.7. The number of benzene rings is 1. The molecule has 6 heteroatoms. The normalized spacial score (nSPS) is 10.1. The molecule has 1 aromatic heterocycles. The lowest BCUT2D eigenvalue weighted by atomic mass is 10.2. The molecule has 3 N–H and O–H groups in total. The Kier molecular flexibility index (Phi) is 3.47. The first-order chi connectivity index (χ1) is 8.58. The first-order valence-corrected chi connectivity index (χ1v) is 5.85. The Bertz CT molecular complexity index is 593. The summed E-state index contributed by atoms with van der Waals surface area (Å²) in [4.78, 5) is 25.3. The quantitative estimate of drug-likeness (QED) is 0.815.